The Morgan fingerprint density at radius 2 is 1.00 bits per heavy atom. The fraction of sp³-hybridized carbons (Fsp3) is 0. The summed E-state index contributed by atoms with van der Waals surface area (Å²) >= 11 is 0. The topological polar surface area (TPSA) is 51.8 Å². The Balaban J connectivity index is 1.36. The second kappa shape index (κ2) is 8.85. The zero-order valence-electron chi connectivity index (χ0n) is 19.9. The molecule has 4 heteroatoms. The van der Waals surface area contributed by atoms with Crippen molar-refractivity contribution < 1.29 is 4.42 Å². The van der Waals surface area contributed by atoms with Crippen molar-refractivity contribution in [1.29, 1.82) is 0 Å². The van der Waals surface area contributed by atoms with Gasteiger partial charge in [-0.3, -0.25) is 0 Å². The monoisotopic (exact) mass is 475 g/mol. The van der Waals surface area contributed by atoms with Gasteiger partial charge < -0.3 is 4.42 Å². The number of hydrogen-bond acceptors (Lipinski definition) is 4. The minimum Gasteiger partial charge on any atom is -0.416 e. The van der Waals surface area contributed by atoms with Crippen molar-refractivity contribution >= 4 is 21.7 Å². The maximum atomic E-state index is 5.96. The molecule has 37 heavy (non-hydrogen) atoms. The first-order valence-electron chi connectivity index (χ1n) is 12.2. The zero-order valence-corrected chi connectivity index (χ0v) is 19.9. The van der Waals surface area contributed by atoms with Crippen molar-refractivity contribution in [3.05, 3.63) is 127 Å². The number of benzene rings is 5. The van der Waals surface area contributed by atoms with Gasteiger partial charge in [-0.2, -0.15) is 0 Å². The third kappa shape index (κ3) is 3.76. The summed E-state index contributed by atoms with van der Waals surface area (Å²) in [6.45, 7) is 0. The first-order chi connectivity index (χ1) is 18.3. The van der Waals surface area contributed by atoms with E-state index in [0.29, 0.717) is 11.8 Å². The van der Waals surface area contributed by atoms with E-state index < -0.39 is 0 Å². The Bertz CT molecular complexity index is 1860. The highest BCUT2D eigenvalue weighted by molar-refractivity contribution is 6.17. The van der Waals surface area contributed by atoms with Gasteiger partial charge in [0.05, 0.1) is 11.2 Å². The molecule has 0 radical (unpaired) electrons. The first kappa shape index (κ1) is 21.2. The van der Waals surface area contributed by atoms with Crippen LogP contribution in [0, 0.1) is 0 Å². The second-order valence-corrected chi connectivity index (χ2v) is 8.93. The van der Waals surface area contributed by atoms with E-state index in [1.807, 2.05) is 54.6 Å². The van der Waals surface area contributed by atoms with Gasteiger partial charge in [0, 0.05) is 32.8 Å². The molecule has 2 aromatic heterocycles. The van der Waals surface area contributed by atoms with Gasteiger partial charge in [0.15, 0.2) is 0 Å². The van der Waals surface area contributed by atoms with Crippen LogP contribution >= 0.6 is 0 Å². The SMILES string of the molecule is c1ccc(-c2nnc(-c3ccc(-c4nc5ccccc5c5c(-c6ccccc6)cccc45)cc3)o2)cc1. The summed E-state index contributed by atoms with van der Waals surface area (Å²) in [6.07, 6.45) is 0. The summed E-state index contributed by atoms with van der Waals surface area (Å²) in [5.41, 5.74) is 7.13. The fourth-order valence-corrected chi connectivity index (χ4v) is 4.89. The Morgan fingerprint density at radius 3 is 1.73 bits per heavy atom. The van der Waals surface area contributed by atoms with Crippen molar-refractivity contribution in [3.63, 3.8) is 0 Å². The van der Waals surface area contributed by atoms with Gasteiger partial charge in [0.2, 0.25) is 11.8 Å². The molecule has 0 saturated heterocycles. The fourth-order valence-electron chi connectivity index (χ4n) is 4.89. The van der Waals surface area contributed by atoms with Crippen LogP contribution in [0.1, 0.15) is 0 Å². The van der Waals surface area contributed by atoms with Gasteiger partial charge in [-0.15, -0.1) is 10.2 Å². The molecule has 0 spiro atoms. The number of aromatic nitrogens is 3. The molecule has 0 N–H and O–H groups in total. The van der Waals surface area contributed by atoms with E-state index >= 15 is 0 Å². The van der Waals surface area contributed by atoms with E-state index in [0.717, 1.165) is 38.7 Å². The van der Waals surface area contributed by atoms with Crippen molar-refractivity contribution in [2.45, 2.75) is 0 Å². The Kier molecular flexibility index (Phi) is 5.07. The van der Waals surface area contributed by atoms with Crippen LogP contribution in [0.3, 0.4) is 0 Å². The lowest BCUT2D eigenvalue weighted by Gasteiger charge is -2.14. The Labute approximate surface area is 213 Å². The van der Waals surface area contributed by atoms with Gasteiger partial charge in [-0.05, 0) is 41.5 Å². The van der Waals surface area contributed by atoms with Crippen molar-refractivity contribution in [2.75, 3.05) is 0 Å². The smallest absolute Gasteiger partial charge is 0.248 e. The molecule has 4 nitrogen and oxygen atoms in total. The van der Waals surface area contributed by atoms with E-state index in [-0.39, 0.29) is 0 Å². The molecule has 174 valence electrons. The third-order valence-corrected chi connectivity index (χ3v) is 6.66. The molecule has 7 rings (SSSR count). The lowest BCUT2D eigenvalue weighted by atomic mass is 9.93. The van der Waals surface area contributed by atoms with Crippen LogP contribution in [0.15, 0.2) is 132 Å². The molecule has 5 aromatic carbocycles. The van der Waals surface area contributed by atoms with E-state index in [1.54, 1.807) is 0 Å². The van der Waals surface area contributed by atoms with Gasteiger partial charge in [0.25, 0.3) is 0 Å². The highest BCUT2D eigenvalue weighted by Gasteiger charge is 2.15. The molecule has 0 unspecified atom stereocenters. The summed E-state index contributed by atoms with van der Waals surface area (Å²) in [4.78, 5) is 5.10. The highest BCUT2D eigenvalue weighted by atomic mass is 16.4. The summed E-state index contributed by atoms with van der Waals surface area (Å²) in [5.74, 6) is 1.00. The maximum absolute atomic E-state index is 5.96. The summed E-state index contributed by atoms with van der Waals surface area (Å²) in [5, 5.41) is 12.0. The zero-order chi connectivity index (χ0) is 24.6. The van der Waals surface area contributed by atoms with Gasteiger partial charge >= 0.3 is 0 Å². The third-order valence-electron chi connectivity index (χ3n) is 6.66. The number of nitrogens with zero attached hydrogens (tertiary/aromatic N) is 3. The largest absolute Gasteiger partial charge is 0.416 e. The molecular formula is C33H21N3O. The molecule has 2 heterocycles. The summed E-state index contributed by atoms with van der Waals surface area (Å²) in [7, 11) is 0. The van der Waals surface area contributed by atoms with E-state index in [9.17, 15) is 0 Å². The summed E-state index contributed by atoms with van der Waals surface area (Å²) in [6, 6.07) is 43.3. The first-order valence-corrected chi connectivity index (χ1v) is 12.2. The maximum Gasteiger partial charge on any atom is 0.248 e. The molecule has 0 bridgehead atoms. The number of hydrogen-bond donors (Lipinski definition) is 0. The van der Waals surface area contributed by atoms with Gasteiger partial charge in [0.1, 0.15) is 0 Å². The van der Waals surface area contributed by atoms with E-state index in [2.05, 4.69) is 83.0 Å². The normalized spacial score (nSPS) is 11.2. The highest BCUT2D eigenvalue weighted by Crippen LogP contribution is 2.38. The van der Waals surface area contributed by atoms with Crippen molar-refractivity contribution in [1.82, 2.24) is 15.2 Å². The second-order valence-electron chi connectivity index (χ2n) is 8.93. The standard InChI is InChI=1S/C33H21N3O/c1-3-10-22(11-4-1)26-15-9-16-28-30(26)27-14-7-8-17-29(27)34-31(28)23-18-20-25(21-19-23)33-36-35-32(37-33)24-12-5-2-6-13-24/h1-21H. The van der Waals surface area contributed by atoms with Crippen LogP contribution in [0.5, 0.6) is 0 Å². The molecule has 0 saturated carbocycles. The van der Waals surface area contributed by atoms with E-state index in [4.69, 9.17) is 9.40 Å². The van der Waals surface area contributed by atoms with Crippen LogP contribution in [-0.2, 0) is 0 Å². The molecule has 0 fully saturated rings. The Hall–Kier alpha value is -5.09. The number of fused-ring (bicyclic) bond motifs is 3. The van der Waals surface area contributed by atoms with Crippen LogP contribution in [0.25, 0.3) is 67.0 Å². The van der Waals surface area contributed by atoms with Gasteiger partial charge in [-0.1, -0.05) is 97.1 Å². The number of pyridine rings is 1. The van der Waals surface area contributed by atoms with E-state index in [1.165, 1.54) is 16.5 Å². The number of para-hydroxylation sites is 1. The van der Waals surface area contributed by atoms with Crippen LogP contribution < -0.4 is 0 Å². The average Bonchev–Trinajstić information content (AvgIpc) is 3.48. The average molecular weight is 476 g/mol. The minimum atomic E-state index is 0.494. The number of rotatable bonds is 4. The lowest BCUT2D eigenvalue weighted by molar-refractivity contribution is 0.584. The predicted molar refractivity (Wildman–Crippen MR) is 149 cm³/mol. The molecular weight excluding hydrogens is 454 g/mol. The molecule has 0 aliphatic carbocycles. The molecule has 0 atom stereocenters. The predicted octanol–water partition coefficient (Wildman–Crippen LogP) is 8.44. The van der Waals surface area contributed by atoms with Crippen LogP contribution in [-0.4, -0.2) is 15.2 Å². The molecule has 0 aliphatic rings. The Morgan fingerprint density at radius 1 is 0.432 bits per heavy atom. The van der Waals surface area contributed by atoms with Crippen LogP contribution in [0.4, 0.5) is 0 Å². The van der Waals surface area contributed by atoms with Crippen molar-refractivity contribution in [3.8, 4) is 45.3 Å². The van der Waals surface area contributed by atoms with Crippen molar-refractivity contribution in [2.24, 2.45) is 0 Å². The summed E-state index contributed by atoms with van der Waals surface area (Å²) < 4.78 is 5.96. The molecule has 0 aliphatic heterocycles. The molecule has 0 amide bonds. The lowest BCUT2D eigenvalue weighted by Crippen LogP contribution is -1.92. The van der Waals surface area contributed by atoms with Gasteiger partial charge in [-0.25, -0.2) is 4.98 Å². The minimum absolute atomic E-state index is 0.494. The quantitative estimate of drug-likeness (QED) is 0.240. The van der Waals surface area contributed by atoms with Crippen LogP contribution in [0.2, 0.25) is 0 Å². The molecule has 7 aromatic rings.